The highest BCUT2D eigenvalue weighted by Gasteiger charge is 2.08. The van der Waals surface area contributed by atoms with Gasteiger partial charge in [-0.25, -0.2) is 4.79 Å². The Kier molecular flexibility index (Phi) is 5.52. The van der Waals surface area contributed by atoms with Gasteiger partial charge in [-0.05, 0) is 58.7 Å². The zero-order valence-corrected chi connectivity index (χ0v) is 13.8. The predicted octanol–water partition coefficient (Wildman–Crippen LogP) is 3.27. The molecule has 1 aromatic heterocycles. The van der Waals surface area contributed by atoms with Crippen LogP contribution in [0.4, 0.5) is 0 Å². The zero-order chi connectivity index (χ0) is 15.2. The molecule has 0 aliphatic heterocycles. The molecule has 4 nitrogen and oxygen atoms in total. The van der Waals surface area contributed by atoms with E-state index in [2.05, 4.69) is 26.0 Å². The Labute approximate surface area is 135 Å². The van der Waals surface area contributed by atoms with Crippen molar-refractivity contribution in [3.63, 3.8) is 0 Å². The highest BCUT2D eigenvalue weighted by molar-refractivity contribution is 9.11. The van der Waals surface area contributed by atoms with E-state index < -0.39 is 5.97 Å². The van der Waals surface area contributed by atoms with Gasteiger partial charge in [-0.3, -0.25) is 4.79 Å². The molecule has 0 atom stereocenters. The summed E-state index contributed by atoms with van der Waals surface area (Å²) in [4.78, 5) is 24.5. The number of esters is 1. The third-order valence-corrected chi connectivity index (χ3v) is 4.54. The van der Waals surface area contributed by atoms with Crippen LogP contribution in [-0.2, 0) is 11.2 Å². The highest BCUT2D eigenvalue weighted by Crippen LogP contribution is 2.22. The number of carbonyl (C=O) groups is 2. The first-order valence-corrected chi connectivity index (χ1v) is 7.92. The molecule has 0 saturated carbocycles. The maximum absolute atomic E-state index is 12.0. The van der Waals surface area contributed by atoms with Crippen molar-refractivity contribution in [3.8, 4) is 0 Å². The Bertz CT molecular complexity index is 637. The SMILES string of the molecule is COC(=O)c1ccc(C(=O)NCCc2ccc(Br)s2)cc1. The lowest BCUT2D eigenvalue weighted by molar-refractivity contribution is 0.0600. The van der Waals surface area contributed by atoms with Gasteiger partial charge in [-0.15, -0.1) is 11.3 Å². The molecule has 0 aliphatic carbocycles. The third-order valence-electron chi connectivity index (χ3n) is 2.85. The van der Waals surface area contributed by atoms with Gasteiger partial charge in [-0.1, -0.05) is 0 Å². The first-order valence-electron chi connectivity index (χ1n) is 6.31. The molecule has 1 aromatic carbocycles. The molecule has 110 valence electrons. The first-order chi connectivity index (χ1) is 10.1. The number of hydrogen-bond donors (Lipinski definition) is 1. The normalized spacial score (nSPS) is 10.2. The van der Waals surface area contributed by atoms with E-state index in [9.17, 15) is 9.59 Å². The van der Waals surface area contributed by atoms with Crippen LogP contribution in [0, 0.1) is 0 Å². The first kappa shape index (κ1) is 15.7. The fourth-order valence-electron chi connectivity index (χ4n) is 1.76. The molecule has 0 radical (unpaired) electrons. The van der Waals surface area contributed by atoms with E-state index in [1.807, 2.05) is 12.1 Å². The summed E-state index contributed by atoms with van der Waals surface area (Å²) < 4.78 is 5.70. The number of ether oxygens (including phenoxy) is 1. The number of methoxy groups -OCH3 is 1. The van der Waals surface area contributed by atoms with Gasteiger partial charge in [0.15, 0.2) is 0 Å². The maximum Gasteiger partial charge on any atom is 0.337 e. The fourth-order valence-corrected chi connectivity index (χ4v) is 3.25. The van der Waals surface area contributed by atoms with Crippen LogP contribution in [0.5, 0.6) is 0 Å². The van der Waals surface area contributed by atoms with Crippen molar-refractivity contribution in [1.29, 1.82) is 0 Å². The largest absolute Gasteiger partial charge is 0.465 e. The average Bonchev–Trinajstić information content (AvgIpc) is 2.92. The Morgan fingerprint density at radius 1 is 1.14 bits per heavy atom. The number of amides is 1. The van der Waals surface area contributed by atoms with Crippen molar-refractivity contribution in [1.82, 2.24) is 5.32 Å². The van der Waals surface area contributed by atoms with Crippen molar-refractivity contribution in [2.45, 2.75) is 6.42 Å². The van der Waals surface area contributed by atoms with Crippen LogP contribution in [0.15, 0.2) is 40.2 Å². The molecule has 0 unspecified atom stereocenters. The summed E-state index contributed by atoms with van der Waals surface area (Å²) in [5.74, 6) is -0.563. The molecule has 0 spiro atoms. The van der Waals surface area contributed by atoms with Crippen LogP contribution in [0.25, 0.3) is 0 Å². The molecule has 6 heteroatoms. The molecular formula is C15H14BrNO3S. The van der Waals surface area contributed by atoms with E-state index in [4.69, 9.17) is 0 Å². The molecule has 1 N–H and O–H groups in total. The number of nitrogens with one attached hydrogen (secondary N) is 1. The van der Waals surface area contributed by atoms with Crippen molar-refractivity contribution in [2.24, 2.45) is 0 Å². The summed E-state index contributed by atoms with van der Waals surface area (Å²) in [6, 6.07) is 10.4. The highest BCUT2D eigenvalue weighted by atomic mass is 79.9. The van der Waals surface area contributed by atoms with Crippen LogP contribution in [0.3, 0.4) is 0 Å². The van der Waals surface area contributed by atoms with Gasteiger partial charge >= 0.3 is 5.97 Å². The maximum atomic E-state index is 12.0. The van der Waals surface area contributed by atoms with Gasteiger partial charge < -0.3 is 10.1 Å². The number of benzene rings is 1. The Hall–Kier alpha value is -1.66. The zero-order valence-electron chi connectivity index (χ0n) is 11.4. The Balaban J connectivity index is 1.87. The van der Waals surface area contributed by atoms with Crippen molar-refractivity contribution < 1.29 is 14.3 Å². The molecule has 2 aromatic rings. The van der Waals surface area contributed by atoms with Gasteiger partial charge in [0.05, 0.1) is 16.5 Å². The molecule has 21 heavy (non-hydrogen) atoms. The van der Waals surface area contributed by atoms with Gasteiger partial charge in [0.2, 0.25) is 0 Å². The van der Waals surface area contributed by atoms with Crippen LogP contribution in [0.1, 0.15) is 25.6 Å². The number of hydrogen-bond acceptors (Lipinski definition) is 4. The second kappa shape index (κ2) is 7.38. The monoisotopic (exact) mass is 367 g/mol. The van der Waals surface area contributed by atoms with E-state index in [1.54, 1.807) is 35.6 Å². The number of rotatable bonds is 5. The number of halogens is 1. The van der Waals surface area contributed by atoms with Crippen LogP contribution in [-0.4, -0.2) is 25.5 Å². The number of thiophene rings is 1. The van der Waals surface area contributed by atoms with Crippen LogP contribution < -0.4 is 5.32 Å². The number of carbonyl (C=O) groups excluding carboxylic acids is 2. The summed E-state index contributed by atoms with van der Waals surface area (Å²) >= 11 is 5.06. The van der Waals surface area contributed by atoms with Crippen LogP contribution in [0.2, 0.25) is 0 Å². The molecule has 0 aliphatic rings. The summed E-state index contributed by atoms with van der Waals surface area (Å²) in [5.41, 5.74) is 0.951. The van der Waals surface area contributed by atoms with Crippen molar-refractivity contribution >= 4 is 39.1 Å². The van der Waals surface area contributed by atoms with Crippen LogP contribution >= 0.6 is 27.3 Å². The quantitative estimate of drug-likeness (QED) is 0.825. The lowest BCUT2D eigenvalue weighted by Crippen LogP contribution is -2.25. The summed E-state index contributed by atoms with van der Waals surface area (Å²) in [6.45, 7) is 0.574. The van der Waals surface area contributed by atoms with E-state index in [-0.39, 0.29) is 5.91 Å². The second-order valence-electron chi connectivity index (χ2n) is 4.28. The van der Waals surface area contributed by atoms with Crippen molar-refractivity contribution in [3.05, 3.63) is 56.2 Å². The van der Waals surface area contributed by atoms with Gasteiger partial charge in [0.25, 0.3) is 5.91 Å². The Morgan fingerprint density at radius 3 is 2.38 bits per heavy atom. The molecule has 0 fully saturated rings. The lowest BCUT2D eigenvalue weighted by Gasteiger charge is -2.05. The van der Waals surface area contributed by atoms with E-state index in [0.717, 1.165) is 10.2 Å². The molecule has 1 heterocycles. The van der Waals surface area contributed by atoms with Gasteiger partial charge in [0, 0.05) is 17.0 Å². The third kappa shape index (κ3) is 4.41. The fraction of sp³-hybridized carbons (Fsp3) is 0.200. The van der Waals surface area contributed by atoms with E-state index in [0.29, 0.717) is 17.7 Å². The molecule has 0 bridgehead atoms. The van der Waals surface area contributed by atoms with Crippen molar-refractivity contribution in [2.75, 3.05) is 13.7 Å². The lowest BCUT2D eigenvalue weighted by atomic mass is 10.1. The second-order valence-corrected chi connectivity index (χ2v) is 6.83. The minimum atomic E-state index is -0.412. The summed E-state index contributed by atoms with van der Waals surface area (Å²) in [7, 11) is 1.33. The van der Waals surface area contributed by atoms with Gasteiger partial charge in [0.1, 0.15) is 0 Å². The molecular weight excluding hydrogens is 354 g/mol. The Morgan fingerprint density at radius 2 is 1.81 bits per heavy atom. The minimum absolute atomic E-state index is 0.151. The van der Waals surface area contributed by atoms with E-state index >= 15 is 0 Å². The van der Waals surface area contributed by atoms with E-state index in [1.165, 1.54) is 12.0 Å². The molecule has 0 saturated heterocycles. The molecule has 2 rings (SSSR count). The topological polar surface area (TPSA) is 55.4 Å². The average molecular weight is 368 g/mol. The predicted molar refractivity (Wildman–Crippen MR) is 85.8 cm³/mol. The standard InChI is InChI=1S/C15H14BrNO3S/c1-20-15(19)11-4-2-10(3-5-11)14(18)17-9-8-12-6-7-13(16)21-12/h2-7H,8-9H2,1H3,(H,17,18). The minimum Gasteiger partial charge on any atom is -0.465 e. The summed E-state index contributed by atoms with van der Waals surface area (Å²) in [5, 5.41) is 2.86. The molecule has 1 amide bonds. The van der Waals surface area contributed by atoms with Gasteiger partial charge in [-0.2, -0.15) is 0 Å². The summed E-state index contributed by atoms with van der Waals surface area (Å²) in [6.07, 6.45) is 0.794. The smallest absolute Gasteiger partial charge is 0.337 e.